The maximum atomic E-state index is 6.67. The molecule has 4 heteroatoms. The lowest BCUT2D eigenvalue weighted by Crippen LogP contribution is -2.00. The zero-order valence-electron chi connectivity index (χ0n) is 26.5. The van der Waals surface area contributed by atoms with Gasteiger partial charge in [0.15, 0.2) is 17.5 Å². The van der Waals surface area contributed by atoms with Crippen molar-refractivity contribution in [2.75, 3.05) is 0 Å². The summed E-state index contributed by atoms with van der Waals surface area (Å²) in [5.41, 5.74) is 11.2. The normalized spacial score (nSPS) is 11.3. The van der Waals surface area contributed by atoms with Gasteiger partial charge < -0.3 is 4.42 Å². The lowest BCUT2D eigenvalue weighted by molar-refractivity contribution is 0.669. The van der Waals surface area contributed by atoms with E-state index in [2.05, 4.69) is 97.1 Å². The molecule has 0 saturated carbocycles. The molecule has 9 rings (SSSR count). The van der Waals surface area contributed by atoms with Crippen molar-refractivity contribution in [2.24, 2.45) is 0 Å². The Labute approximate surface area is 284 Å². The number of rotatable bonds is 6. The Kier molecular flexibility index (Phi) is 7.10. The average Bonchev–Trinajstić information content (AvgIpc) is 3.57. The van der Waals surface area contributed by atoms with Crippen LogP contribution in [0.5, 0.6) is 0 Å². The minimum atomic E-state index is 0.572. The predicted octanol–water partition coefficient (Wildman–Crippen LogP) is 11.8. The number of hydrogen-bond acceptors (Lipinski definition) is 4. The highest BCUT2D eigenvalue weighted by atomic mass is 16.3. The largest absolute Gasteiger partial charge is 0.455 e. The monoisotopic (exact) mass is 627 g/mol. The lowest BCUT2D eigenvalue weighted by Gasteiger charge is -2.08. The summed E-state index contributed by atoms with van der Waals surface area (Å²) in [5.74, 6) is 1.81. The van der Waals surface area contributed by atoms with Crippen molar-refractivity contribution in [3.05, 3.63) is 176 Å². The first-order chi connectivity index (χ1) is 24.3. The molecule has 2 heterocycles. The van der Waals surface area contributed by atoms with Gasteiger partial charge in [0.05, 0.1) is 5.56 Å². The first-order valence-electron chi connectivity index (χ1n) is 16.4. The van der Waals surface area contributed by atoms with E-state index in [1.807, 2.05) is 78.9 Å². The SMILES string of the molecule is c1ccc(-c2cccc(-c3cccc(-c4ccc5c(c4)oc4c(-c6nc(-c7ccccc7)nc(-c7ccccc7)n6)cccc45)c3)c2)cc1. The molecule has 0 aliphatic heterocycles. The van der Waals surface area contributed by atoms with Gasteiger partial charge in [-0.05, 0) is 63.7 Å². The molecule has 2 aromatic heterocycles. The third kappa shape index (κ3) is 5.45. The van der Waals surface area contributed by atoms with E-state index in [-0.39, 0.29) is 0 Å². The summed E-state index contributed by atoms with van der Waals surface area (Å²) in [5, 5.41) is 2.07. The lowest BCUT2D eigenvalue weighted by atomic mass is 9.96. The molecule has 7 aromatic carbocycles. The zero-order valence-corrected chi connectivity index (χ0v) is 26.5. The van der Waals surface area contributed by atoms with E-state index in [1.165, 1.54) is 22.3 Å². The summed E-state index contributed by atoms with van der Waals surface area (Å²) in [7, 11) is 0. The van der Waals surface area contributed by atoms with Crippen molar-refractivity contribution in [1.82, 2.24) is 15.0 Å². The Bertz CT molecular complexity index is 2540. The molecular formula is C45H29N3O. The Morgan fingerprint density at radius 3 is 1.33 bits per heavy atom. The van der Waals surface area contributed by atoms with Crippen LogP contribution < -0.4 is 0 Å². The molecule has 0 amide bonds. The second-order valence-corrected chi connectivity index (χ2v) is 12.1. The van der Waals surface area contributed by atoms with Crippen molar-refractivity contribution >= 4 is 21.9 Å². The van der Waals surface area contributed by atoms with Crippen LogP contribution in [0.2, 0.25) is 0 Å². The number of benzene rings is 7. The van der Waals surface area contributed by atoms with Gasteiger partial charge in [-0.1, -0.05) is 146 Å². The van der Waals surface area contributed by atoms with E-state index in [0.29, 0.717) is 17.5 Å². The van der Waals surface area contributed by atoms with Crippen molar-refractivity contribution in [3.8, 4) is 67.5 Å². The zero-order chi connectivity index (χ0) is 32.6. The van der Waals surface area contributed by atoms with Gasteiger partial charge in [-0.25, -0.2) is 15.0 Å². The maximum absolute atomic E-state index is 6.67. The van der Waals surface area contributed by atoms with Crippen LogP contribution in [0.4, 0.5) is 0 Å². The molecule has 0 atom stereocenters. The van der Waals surface area contributed by atoms with Gasteiger partial charge in [0.1, 0.15) is 11.2 Å². The first kappa shape index (κ1) is 28.6. The maximum Gasteiger partial charge on any atom is 0.167 e. The van der Waals surface area contributed by atoms with Crippen molar-refractivity contribution < 1.29 is 4.42 Å². The molecule has 4 nitrogen and oxygen atoms in total. The molecule has 0 aliphatic rings. The van der Waals surface area contributed by atoms with E-state index in [1.54, 1.807) is 0 Å². The molecule has 230 valence electrons. The number of para-hydroxylation sites is 1. The molecular weight excluding hydrogens is 599 g/mol. The molecule has 0 unspecified atom stereocenters. The Morgan fingerprint density at radius 1 is 0.306 bits per heavy atom. The highest BCUT2D eigenvalue weighted by molar-refractivity contribution is 6.10. The summed E-state index contributed by atoms with van der Waals surface area (Å²) in [6, 6.07) is 60.6. The number of hydrogen-bond donors (Lipinski definition) is 0. The third-order valence-corrected chi connectivity index (χ3v) is 8.94. The van der Waals surface area contributed by atoms with Gasteiger partial charge >= 0.3 is 0 Å². The fourth-order valence-electron chi connectivity index (χ4n) is 6.47. The molecule has 0 fully saturated rings. The summed E-state index contributed by atoms with van der Waals surface area (Å²) >= 11 is 0. The number of aromatic nitrogens is 3. The molecule has 0 spiro atoms. The van der Waals surface area contributed by atoms with Crippen LogP contribution in [0.1, 0.15) is 0 Å². The van der Waals surface area contributed by atoms with Crippen LogP contribution in [0, 0.1) is 0 Å². The van der Waals surface area contributed by atoms with E-state index >= 15 is 0 Å². The van der Waals surface area contributed by atoms with Crippen LogP contribution in [0.25, 0.3) is 89.5 Å². The Hall–Kier alpha value is -6.65. The van der Waals surface area contributed by atoms with E-state index < -0.39 is 0 Å². The second kappa shape index (κ2) is 12.2. The van der Waals surface area contributed by atoms with Gasteiger partial charge in [-0.2, -0.15) is 0 Å². The van der Waals surface area contributed by atoms with Crippen LogP contribution in [-0.4, -0.2) is 15.0 Å². The molecule has 9 aromatic rings. The minimum Gasteiger partial charge on any atom is -0.455 e. The standard InChI is InChI=1S/C45H29N3O/c1-4-13-30(14-5-1)33-19-10-20-34(27-33)35-21-11-22-36(28-35)37-25-26-38-39-23-12-24-40(42(39)49-41(38)29-37)45-47-43(31-15-6-2-7-16-31)46-44(48-45)32-17-8-3-9-18-32/h1-29H. The first-order valence-corrected chi connectivity index (χ1v) is 16.4. The third-order valence-electron chi connectivity index (χ3n) is 8.94. The summed E-state index contributed by atoms with van der Waals surface area (Å²) in [6.07, 6.45) is 0. The van der Waals surface area contributed by atoms with Gasteiger partial charge in [0, 0.05) is 21.9 Å². The van der Waals surface area contributed by atoms with E-state index in [0.717, 1.165) is 49.8 Å². The fourth-order valence-corrected chi connectivity index (χ4v) is 6.47. The Balaban J connectivity index is 1.13. The molecule has 0 radical (unpaired) electrons. The van der Waals surface area contributed by atoms with Gasteiger partial charge in [0.2, 0.25) is 0 Å². The molecule has 0 saturated heterocycles. The number of nitrogens with zero attached hydrogens (tertiary/aromatic N) is 3. The van der Waals surface area contributed by atoms with Crippen molar-refractivity contribution in [1.29, 1.82) is 0 Å². The van der Waals surface area contributed by atoms with Crippen LogP contribution in [0.15, 0.2) is 180 Å². The number of fused-ring (bicyclic) bond motifs is 3. The van der Waals surface area contributed by atoms with E-state index in [9.17, 15) is 0 Å². The number of furan rings is 1. The van der Waals surface area contributed by atoms with Gasteiger partial charge in [-0.3, -0.25) is 0 Å². The van der Waals surface area contributed by atoms with E-state index in [4.69, 9.17) is 19.4 Å². The highest BCUT2D eigenvalue weighted by Gasteiger charge is 2.18. The summed E-state index contributed by atoms with van der Waals surface area (Å²) in [6.45, 7) is 0. The van der Waals surface area contributed by atoms with Crippen molar-refractivity contribution in [2.45, 2.75) is 0 Å². The van der Waals surface area contributed by atoms with Crippen LogP contribution in [0.3, 0.4) is 0 Å². The summed E-state index contributed by atoms with van der Waals surface area (Å²) < 4.78 is 6.67. The fraction of sp³-hybridized carbons (Fsp3) is 0. The van der Waals surface area contributed by atoms with Crippen LogP contribution >= 0.6 is 0 Å². The topological polar surface area (TPSA) is 51.8 Å². The average molecular weight is 628 g/mol. The van der Waals surface area contributed by atoms with Crippen molar-refractivity contribution in [3.63, 3.8) is 0 Å². The predicted molar refractivity (Wildman–Crippen MR) is 200 cm³/mol. The molecule has 0 bridgehead atoms. The van der Waals surface area contributed by atoms with Gasteiger partial charge in [0.25, 0.3) is 0 Å². The van der Waals surface area contributed by atoms with Gasteiger partial charge in [-0.15, -0.1) is 0 Å². The smallest absolute Gasteiger partial charge is 0.167 e. The molecule has 0 aliphatic carbocycles. The Morgan fingerprint density at radius 2 is 0.755 bits per heavy atom. The summed E-state index contributed by atoms with van der Waals surface area (Å²) in [4.78, 5) is 14.8. The molecule has 49 heavy (non-hydrogen) atoms. The van der Waals surface area contributed by atoms with Crippen LogP contribution in [-0.2, 0) is 0 Å². The minimum absolute atomic E-state index is 0.572. The second-order valence-electron chi connectivity index (χ2n) is 12.1. The molecule has 0 N–H and O–H groups in total. The highest BCUT2D eigenvalue weighted by Crippen LogP contribution is 2.38. The quantitative estimate of drug-likeness (QED) is 0.184.